The van der Waals surface area contributed by atoms with Crippen molar-refractivity contribution in [3.8, 4) is 0 Å². The molecule has 1 aliphatic carbocycles. The Kier molecular flexibility index (Phi) is 1.99. The van der Waals surface area contributed by atoms with Crippen LogP contribution in [0.1, 0.15) is 30.4 Å². The van der Waals surface area contributed by atoms with Crippen LogP contribution in [0.5, 0.6) is 0 Å². The molecule has 1 aromatic carbocycles. The van der Waals surface area contributed by atoms with Crippen LogP contribution in [0, 0.1) is 0 Å². The molecule has 2 rings (SSSR count). The molecule has 12 heavy (non-hydrogen) atoms. The number of allylic oxidation sites excluding steroid dienone is 2. The maximum absolute atomic E-state index is 2.30. The quantitative estimate of drug-likeness (QED) is 0.579. The minimum absolute atomic E-state index is 0.709. The van der Waals surface area contributed by atoms with Crippen molar-refractivity contribution in [2.24, 2.45) is 0 Å². The number of hydrogen-bond donors (Lipinski definition) is 0. The second-order valence-electron chi connectivity index (χ2n) is 3.32. The van der Waals surface area contributed by atoms with Gasteiger partial charge in [-0.25, -0.2) is 0 Å². The topological polar surface area (TPSA) is 0 Å². The molecule has 0 heteroatoms. The molecule has 0 N–H and O–H groups in total. The lowest BCUT2D eigenvalue weighted by molar-refractivity contribution is 0.780. The Morgan fingerprint density at radius 1 is 1.33 bits per heavy atom. The Balaban J connectivity index is 2.34. The van der Waals surface area contributed by atoms with E-state index in [1.165, 1.54) is 17.5 Å². The first-order valence-corrected chi connectivity index (χ1v) is 4.66. The average Bonchev–Trinajstić information content (AvgIpc) is 2.02. The predicted molar refractivity (Wildman–Crippen MR) is 52.3 cm³/mol. The average molecular weight is 158 g/mol. The Morgan fingerprint density at radius 3 is 2.67 bits per heavy atom. The molecule has 62 valence electrons. The molecular weight excluding hydrogens is 144 g/mol. The summed E-state index contributed by atoms with van der Waals surface area (Å²) in [5.74, 6) is 0.709. The lowest BCUT2D eigenvalue weighted by Gasteiger charge is -2.20. The highest BCUT2D eigenvalue weighted by atomic mass is 14.2. The van der Waals surface area contributed by atoms with Crippen LogP contribution < -0.4 is 0 Å². The Morgan fingerprint density at radius 2 is 2.08 bits per heavy atom. The first kappa shape index (κ1) is 7.60. The zero-order chi connectivity index (χ0) is 8.39. The number of aryl methyl sites for hydroxylation is 1. The summed E-state index contributed by atoms with van der Waals surface area (Å²) < 4.78 is 0. The van der Waals surface area contributed by atoms with E-state index in [2.05, 4.69) is 43.3 Å². The van der Waals surface area contributed by atoms with Crippen LogP contribution in [-0.4, -0.2) is 0 Å². The van der Waals surface area contributed by atoms with E-state index in [0.717, 1.165) is 6.42 Å². The van der Waals surface area contributed by atoms with Crippen molar-refractivity contribution >= 4 is 0 Å². The van der Waals surface area contributed by atoms with Gasteiger partial charge in [-0.3, -0.25) is 0 Å². The molecule has 0 nitrogen and oxygen atoms in total. The molecule has 0 radical (unpaired) electrons. The monoisotopic (exact) mass is 158 g/mol. The van der Waals surface area contributed by atoms with Gasteiger partial charge in [-0.1, -0.05) is 43.3 Å². The second-order valence-corrected chi connectivity index (χ2v) is 3.32. The first-order valence-electron chi connectivity index (χ1n) is 4.66. The summed E-state index contributed by atoms with van der Waals surface area (Å²) in [7, 11) is 0. The third kappa shape index (κ3) is 1.18. The molecule has 0 heterocycles. The van der Waals surface area contributed by atoms with Gasteiger partial charge in [0.25, 0.3) is 0 Å². The highest BCUT2D eigenvalue weighted by molar-refractivity contribution is 5.36. The standard InChI is InChI=1S/C12H14/c1-2-10-6-3-4-9-12(10)11-7-5-8-11/h3-7,9,11H,2,8H2,1H3. The van der Waals surface area contributed by atoms with Gasteiger partial charge in [0.1, 0.15) is 0 Å². The van der Waals surface area contributed by atoms with Crippen molar-refractivity contribution < 1.29 is 0 Å². The molecule has 0 saturated heterocycles. The van der Waals surface area contributed by atoms with Gasteiger partial charge in [-0.15, -0.1) is 0 Å². The van der Waals surface area contributed by atoms with Gasteiger partial charge in [0.05, 0.1) is 0 Å². The zero-order valence-corrected chi connectivity index (χ0v) is 7.46. The van der Waals surface area contributed by atoms with Crippen molar-refractivity contribution in [2.75, 3.05) is 0 Å². The van der Waals surface area contributed by atoms with Crippen LogP contribution in [0.25, 0.3) is 0 Å². The van der Waals surface area contributed by atoms with E-state index in [-0.39, 0.29) is 0 Å². The summed E-state index contributed by atoms with van der Waals surface area (Å²) in [4.78, 5) is 0. The van der Waals surface area contributed by atoms with Crippen LogP contribution in [0.3, 0.4) is 0 Å². The van der Waals surface area contributed by atoms with Crippen molar-refractivity contribution in [2.45, 2.75) is 25.7 Å². The number of hydrogen-bond acceptors (Lipinski definition) is 0. The summed E-state index contributed by atoms with van der Waals surface area (Å²) in [5.41, 5.74) is 3.04. The van der Waals surface area contributed by atoms with Crippen LogP contribution >= 0.6 is 0 Å². The predicted octanol–water partition coefficient (Wildman–Crippen LogP) is 3.29. The summed E-state index contributed by atoms with van der Waals surface area (Å²) in [6, 6.07) is 8.76. The molecule has 1 unspecified atom stereocenters. The molecule has 0 amide bonds. The molecule has 0 saturated carbocycles. The van der Waals surface area contributed by atoms with Gasteiger partial charge in [0, 0.05) is 5.92 Å². The normalized spacial score (nSPS) is 20.6. The van der Waals surface area contributed by atoms with E-state index in [4.69, 9.17) is 0 Å². The largest absolute Gasteiger partial charge is 0.0870 e. The molecule has 0 aliphatic heterocycles. The molecule has 1 aliphatic rings. The maximum atomic E-state index is 2.30. The summed E-state index contributed by atoms with van der Waals surface area (Å²) in [5, 5.41) is 0. The SMILES string of the molecule is CCc1ccccc1C1C=CC1. The van der Waals surface area contributed by atoms with Crippen molar-refractivity contribution in [3.63, 3.8) is 0 Å². The number of rotatable bonds is 2. The Labute approximate surface area is 73.9 Å². The fourth-order valence-electron chi connectivity index (χ4n) is 1.72. The molecule has 0 bridgehead atoms. The van der Waals surface area contributed by atoms with Gasteiger partial charge in [0.2, 0.25) is 0 Å². The molecule has 1 atom stereocenters. The van der Waals surface area contributed by atoms with Crippen LogP contribution in [-0.2, 0) is 6.42 Å². The van der Waals surface area contributed by atoms with E-state index >= 15 is 0 Å². The van der Waals surface area contributed by atoms with Gasteiger partial charge in [-0.2, -0.15) is 0 Å². The lowest BCUT2D eigenvalue weighted by Crippen LogP contribution is -2.04. The smallest absolute Gasteiger partial charge is 0.00552 e. The van der Waals surface area contributed by atoms with Crippen molar-refractivity contribution in [1.82, 2.24) is 0 Å². The van der Waals surface area contributed by atoms with Crippen molar-refractivity contribution in [1.29, 1.82) is 0 Å². The first-order chi connectivity index (χ1) is 5.92. The van der Waals surface area contributed by atoms with E-state index in [1.54, 1.807) is 0 Å². The van der Waals surface area contributed by atoms with Crippen molar-refractivity contribution in [3.05, 3.63) is 47.5 Å². The summed E-state index contributed by atoms with van der Waals surface area (Å²) in [6.45, 7) is 2.22. The van der Waals surface area contributed by atoms with Gasteiger partial charge in [0.15, 0.2) is 0 Å². The van der Waals surface area contributed by atoms with E-state index < -0.39 is 0 Å². The summed E-state index contributed by atoms with van der Waals surface area (Å²) in [6.07, 6.45) is 6.93. The molecular formula is C12H14. The third-order valence-electron chi connectivity index (χ3n) is 2.59. The number of benzene rings is 1. The van der Waals surface area contributed by atoms with E-state index in [1.807, 2.05) is 0 Å². The molecule has 0 spiro atoms. The molecule has 0 aromatic heterocycles. The highest BCUT2D eigenvalue weighted by Gasteiger charge is 2.14. The third-order valence-corrected chi connectivity index (χ3v) is 2.59. The Bertz CT molecular complexity index is 297. The lowest BCUT2D eigenvalue weighted by atomic mass is 9.84. The fraction of sp³-hybridized carbons (Fsp3) is 0.333. The van der Waals surface area contributed by atoms with Gasteiger partial charge in [-0.05, 0) is 24.0 Å². The molecule has 1 aromatic rings. The van der Waals surface area contributed by atoms with Crippen LogP contribution in [0.15, 0.2) is 36.4 Å². The van der Waals surface area contributed by atoms with E-state index in [9.17, 15) is 0 Å². The zero-order valence-electron chi connectivity index (χ0n) is 7.46. The maximum Gasteiger partial charge on any atom is 0.00552 e. The minimum atomic E-state index is 0.709. The minimum Gasteiger partial charge on any atom is -0.0870 e. The van der Waals surface area contributed by atoms with Crippen LogP contribution in [0.4, 0.5) is 0 Å². The fourth-order valence-corrected chi connectivity index (χ4v) is 1.72. The van der Waals surface area contributed by atoms with Gasteiger partial charge < -0.3 is 0 Å². The van der Waals surface area contributed by atoms with Gasteiger partial charge >= 0.3 is 0 Å². The van der Waals surface area contributed by atoms with E-state index in [0.29, 0.717) is 5.92 Å². The second kappa shape index (κ2) is 3.14. The highest BCUT2D eigenvalue weighted by Crippen LogP contribution is 2.31. The van der Waals surface area contributed by atoms with Crippen LogP contribution in [0.2, 0.25) is 0 Å². The summed E-state index contributed by atoms with van der Waals surface area (Å²) >= 11 is 0. The molecule has 0 fully saturated rings. The Hall–Kier alpha value is -1.04.